The molecular weight excluding hydrogens is 280 g/mol. The molecule has 0 bridgehead atoms. The van der Waals surface area contributed by atoms with Crippen molar-refractivity contribution < 1.29 is 14.4 Å². The van der Waals surface area contributed by atoms with Gasteiger partial charge in [-0.2, -0.15) is 0 Å². The minimum absolute atomic E-state index is 0.0611. The van der Waals surface area contributed by atoms with E-state index in [1.165, 1.54) is 0 Å². The molecule has 118 valence electrons. The molecule has 0 radical (unpaired) electrons. The fourth-order valence-electron chi connectivity index (χ4n) is 3.30. The number of benzene rings is 1. The lowest BCUT2D eigenvalue weighted by molar-refractivity contribution is -0.0274. The molecule has 22 heavy (non-hydrogen) atoms. The molecule has 1 fully saturated rings. The average Bonchev–Trinajstić information content (AvgIpc) is 3.20. The first-order chi connectivity index (χ1) is 10.6. The summed E-state index contributed by atoms with van der Waals surface area (Å²) < 4.78 is 10.4. The summed E-state index contributed by atoms with van der Waals surface area (Å²) in [5, 5.41) is 14.9. The van der Waals surface area contributed by atoms with E-state index < -0.39 is 5.60 Å². The Morgan fingerprint density at radius 2 is 2.14 bits per heavy atom. The Morgan fingerprint density at radius 3 is 2.77 bits per heavy atom. The van der Waals surface area contributed by atoms with Gasteiger partial charge < -0.3 is 14.4 Å². The van der Waals surface area contributed by atoms with Crippen LogP contribution in [-0.2, 0) is 12.1 Å². The van der Waals surface area contributed by atoms with E-state index in [-0.39, 0.29) is 6.04 Å². The standard InChI is InChI=1S/C17H22N2O3/c1-17(20,13-5-7-14(21-2)8-6-13)16-4-3-11-19(16)12-15-9-10-18-22-15/h5-10,16,20H,3-4,11-12H2,1-2H3/t16-,17-/m0/s1. The Bertz CT molecular complexity index is 593. The van der Waals surface area contributed by atoms with E-state index in [1.54, 1.807) is 13.3 Å². The molecular formula is C17H22N2O3. The van der Waals surface area contributed by atoms with Crippen molar-refractivity contribution in [2.45, 2.75) is 38.0 Å². The highest BCUT2D eigenvalue weighted by atomic mass is 16.5. The number of aliphatic hydroxyl groups is 1. The van der Waals surface area contributed by atoms with Crippen molar-refractivity contribution in [3.05, 3.63) is 47.9 Å². The lowest BCUT2D eigenvalue weighted by Gasteiger charge is -2.36. The maximum absolute atomic E-state index is 11.1. The molecule has 2 atom stereocenters. The first-order valence-corrected chi connectivity index (χ1v) is 7.62. The summed E-state index contributed by atoms with van der Waals surface area (Å²) in [7, 11) is 1.64. The second kappa shape index (κ2) is 6.10. The molecule has 2 heterocycles. The van der Waals surface area contributed by atoms with E-state index in [0.29, 0.717) is 6.54 Å². The summed E-state index contributed by atoms with van der Waals surface area (Å²) in [6.07, 6.45) is 3.69. The normalized spacial score (nSPS) is 21.7. The summed E-state index contributed by atoms with van der Waals surface area (Å²) in [4.78, 5) is 2.27. The van der Waals surface area contributed by atoms with Crippen LogP contribution in [0.15, 0.2) is 41.1 Å². The van der Waals surface area contributed by atoms with Crippen LogP contribution >= 0.6 is 0 Å². The summed E-state index contributed by atoms with van der Waals surface area (Å²) in [6, 6.07) is 9.58. The van der Waals surface area contributed by atoms with Gasteiger partial charge in [0, 0.05) is 12.1 Å². The molecule has 1 saturated heterocycles. The molecule has 1 aromatic heterocycles. The summed E-state index contributed by atoms with van der Waals surface area (Å²) in [5.41, 5.74) is -0.00855. The third-order valence-electron chi connectivity index (χ3n) is 4.54. The molecule has 0 unspecified atom stereocenters. The zero-order valence-electron chi connectivity index (χ0n) is 13.0. The van der Waals surface area contributed by atoms with Gasteiger partial charge in [0.15, 0.2) is 5.76 Å². The summed E-state index contributed by atoms with van der Waals surface area (Å²) >= 11 is 0. The number of aromatic nitrogens is 1. The van der Waals surface area contributed by atoms with Crippen LogP contribution in [-0.4, -0.2) is 34.9 Å². The highest BCUT2D eigenvalue weighted by Gasteiger charge is 2.40. The van der Waals surface area contributed by atoms with Gasteiger partial charge in [-0.05, 0) is 44.0 Å². The van der Waals surface area contributed by atoms with Crippen LogP contribution in [0.1, 0.15) is 31.1 Å². The van der Waals surface area contributed by atoms with Crippen molar-refractivity contribution in [1.29, 1.82) is 0 Å². The van der Waals surface area contributed by atoms with Crippen molar-refractivity contribution in [3.8, 4) is 5.75 Å². The largest absolute Gasteiger partial charge is 0.497 e. The van der Waals surface area contributed by atoms with Gasteiger partial charge in [-0.25, -0.2) is 0 Å². The molecule has 0 amide bonds. The van der Waals surface area contributed by atoms with E-state index in [9.17, 15) is 5.11 Å². The summed E-state index contributed by atoms with van der Waals surface area (Å²) in [5.74, 6) is 1.63. The van der Waals surface area contributed by atoms with Gasteiger partial charge in [-0.1, -0.05) is 17.3 Å². The second-order valence-corrected chi connectivity index (χ2v) is 5.98. The van der Waals surface area contributed by atoms with E-state index in [0.717, 1.165) is 36.5 Å². The van der Waals surface area contributed by atoms with Crippen molar-refractivity contribution in [3.63, 3.8) is 0 Å². The zero-order chi connectivity index (χ0) is 15.6. The van der Waals surface area contributed by atoms with E-state index in [2.05, 4.69) is 10.1 Å². The van der Waals surface area contributed by atoms with E-state index in [4.69, 9.17) is 9.26 Å². The van der Waals surface area contributed by atoms with Crippen molar-refractivity contribution >= 4 is 0 Å². The number of hydrogen-bond donors (Lipinski definition) is 1. The van der Waals surface area contributed by atoms with E-state index in [1.807, 2.05) is 37.3 Å². The number of ether oxygens (including phenoxy) is 1. The maximum atomic E-state index is 11.1. The highest BCUT2D eigenvalue weighted by Crippen LogP contribution is 2.36. The fraction of sp³-hybridized carbons (Fsp3) is 0.471. The summed E-state index contributed by atoms with van der Waals surface area (Å²) in [6.45, 7) is 3.52. The molecule has 0 aliphatic carbocycles. The molecule has 0 saturated carbocycles. The molecule has 1 aliphatic rings. The molecule has 3 rings (SSSR count). The van der Waals surface area contributed by atoms with Gasteiger partial charge >= 0.3 is 0 Å². The van der Waals surface area contributed by atoms with Crippen molar-refractivity contribution in [2.24, 2.45) is 0 Å². The number of nitrogens with zero attached hydrogens (tertiary/aromatic N) is 2. The molecule has 1 aromatic carbocycles. The Labute approximate surface area is 130 Å². The Morgan fingerprint density at radius 1 is 1.36 bits per heavy atom. The fourth-order valence-corrected chi connectivity index (χ4v) is 3.30. The van der Waals surface area contributed by atoms with Crippen LogP contribution in [0.3, 0.4) is 0 Å². The van der Waals surface area contributed by atoms with Gasteiger partial charge in [-0.3, -0.25) is 4.90 Å². The maximum Gasteiger partial charge on any atom is 0.150 e. The monoisotopic (exact) mass is 302 g/mol. The predicted octanol–water partition coefficient (Wildman–Crippen LogP) is 2.56. The Balaban J connectivity index is 1.79. The van der Waals surface area contributed by atoms with Gasteiger partial charge in [-0.15, -0.1) is 0 Å². The molecule has 5 heteroatoms. The molecule has 1 aliphatic heterocycles. The van der Waals surface area contributed by atoms with Crippen LogP contribution in [0, 0.1) is 0 Å². The topological polar surface area (TPSA) is 58.7 Å². The predicted molar refractivity (Wildman–Crippen MR) is 82.5 cm³/mol. The van der Waals surface area contributed by atoms with Crippen LogP contribution < -0.4 is 4.74 Å². The number of likely N-dealkylation sites (tertiary alicyclic amines) is 1. The number of rotatable bonds is 5. The SMILES string of the molecule is COc1ccc([C@](C)(O)[C@@H]2CCCN2Cc2ccno2)cc1. The minimum Gasteiger partial charge on any atom is -0.497 e. The third-order valence-corrected chi connectivity index (χ3v) is 4.54. The lowest BCUT2D eigenvalue weighted by Crippen LogP contribution is -2.45. The minimum atomic E-state index is -0.914. The van der Waals surface area contributed by atoms with Crippen molar-refractivity contribution in [2.75, 3.05) is 13.7 Å². The molecule has 5 nitrogen and oxygen atoms in total. The number of hydrogen-bond acceptors (Lipinski definition) is 5. The Kier molecular flexibility index (Phi) is 4.18. The van der Waals surface area contributed by atoms with Crippen LogP contribution in [0.25, 0.3) is 0 Å². The zero-order valence-corrected chi connectivity index (χ0v) is 13.0. The van der Waals surface area contributed by atoms with Gasteiger partial charge in [0.05, 0.1) is 19.9 Å². The molecule has 1 N–H and O–H groups in total. The Hall–Kier alpha value is -1.85. The lowest BCUT2D eigenvalue weighted by atomic mass is 9.86. The first-order valence-electron chi connectivity index (χ1n) is 7.62. The number of methoxy groups -OCH3 is 1. The molecule has 0 spiro atoms. The van der Waals surface area contributed by atoms with Crippen LogP contribution in [0.5, 0.6) is 5.75 Å². The van der Waals surface area contributed by atoms with Gasteiger partial charge in [0.25, 0.3) is 0 Å². The van der Waals surface area contributed by atoms with E-state index >= 15 is 0 Å². The first kappa shape index (κ1) is 15.1. The van der Waals surface area contributed by atoms with Gasteiger partial charge in [0.1, 0.15) is 11.4 Å². The second-order valence-electron chi connectivity index (χ2n) is 5.98. The smallest absolute Gasteiger partial charge is 0.150 e. The average molecular weight is 302 g/mol. The molecule has 2 aromatic rings. The van der Waals surface area contributed by atoms with Crippen LogP contribution in [0.2, 0.25) is 0 Å². The van der Waals surface area contributed by atoms with Crippen molar-refractivity contribution in [1.82, 2.24) is 10.1 Å². The third kappa shape index (κ3) is 2.87. The van der Waals surface area contributed by atoms with Crippen LogP contribution in [0.4, 0.5) is 0 Å². The van der Waals surface area contributed by atoms with Gasteiger partial charge in [0.2, 0.25) is 0 Å². The quantitative estimate of drug-likeness (QED) is 0.920. The highest BCUT2D eigenvalue weighted by molar-refractivity contribution is 5.31.